The molecule has 1 heterocycles. The van der Waals surface area contributed by atoms with Gasteiger partial charge in [0.05, 0.1) is 16.9 Å². The quantitative estimate of drug-likeness (QED) is 0.149. The van der Waals surface area contributed by atoms with Gasteiger partial charge in [-0.25, -0.2) is 0 Å². The number of para-hydroxylation sites is 2. The molecule has 7 nitrogen and oxygen atoms in total. The Morgan fingerprint density at radius 2 is 1.47 bits per heavy atom. The second-order valence-electron chi connectivity index (χ2n) is 14.7. The summed E-state index contributed by atoms with van der Waals surface area (Å²) in [6.07, 6.45) is -4.47. The molecule has 2 atom stereocenters. The van der Waals surface area contributed by atoms with Crippen LogP contribution in [0.2, 0.25) is 0 Å². The molecule has 0 saturated heterocycles. The third-order valence-electron chi connectivity index (χ3n) is 10.3. The van der Waals surface area contributed by atoms with E-state index in [4.69, 9.17) is 9.47 Å². The number of hydrogen-bond acceptors (Lipinski definition) is 5. The summed E-state index contributed by atoms with van der Waals surface area (Å²) >= 11 is 0. The fraction of sp³-hybridized carbons (Fsp3) is 0.372. The van der Waals surface area contributed by atoms with Crippen molar-refractivity contribution in [3.05, 3.63) is 119 Å². The second kappa shape index (κ2) is 15.5. The highest BCUT2D eigenvalue weighted by atomic mass is 19.4. The van der Waals surface area contributed by atoms with E-state index in [0.29, 0.717) is 23.6 Å². The number of hydrazone groups is 1. The highest BCUT2D eigenvalue weighted by Gasteiger charge is 2.41. The predicted octanol–water partition coefficient (Wildman–Crippen LogP) is 10.4. The molecule has 5 rings (SSSR count). The number of anilines is 2. The first-order valence-corrected chi connectivity index (χ1v) is 18.0. The largest absolute Gasteiger partial charge is 0.480 e. The van der Waals surface area contributed by atoms with Crippen molar-refractivity contribution < 1.29 is 32.2 Å². The van der Waals surface area contributed by atoms with Crippen LogP contribution in [-0.4, -0.2) is 29.7 Å². The molecule has 0 radical (unpaired) electrons. The van der Waals surface area contributed by atoms with E-state index < -0.39 is 35.8 Å². The monoisotopic (exact) mass is 727 g/mol. The Morgan fingerprint density at radius 1 is 0.849 bits per heavy atom. The van der Waals surface area contributed by atoms with Crippen LogP contribution in [0.1, 0.15) is 95.5 Å². The number of carbonyl (C=O) groups is 2. The molecular weight excluding hydrogens is 679 g/mol. The molecule has 0 fully saturated rings. The van der Waals surface area contributed by atoms with Crippen molar-refractivity contribution in [3.63, 3.8) is 0 Å². The van der Waals surface area contributed by atoms with Crippen molar-refractivity contribution in [2.45, 2.75) is 104 Å². The lowest BCUT2D eigenvalue weighted by Gasteiger charge is -2.31. The molecule has 0 bridgehead atoms. The number of hydrogen-bond donors (Lipinski definition) is 1. The van der Waals surface area contributed by atoms with Crippen LogP contribution < -0.4 is 19.8 Å². The molecule has 0 aliphatic carbocycles. The smallest absolute Gasteiger partial charge is 0.416 e. The van der Waals surface area contributed by atoms with E-state index in [1.807, 2.05) is 32.0 Å². The first-order valence-electron chi connectivity index (χ1n) is 18.0. The van der Waals surface area contributed by atoms with Gasteiger partial charge in [0.25, 0.3) is 11.8 Å². The fourth-order valence-electron chi connectivity index (χ4n) is 5.94. The minimum Gasteiger partial charge on any atom is -0.480 e. The lowest BCUT2D eigenvalue weighted by Crippen LogP contribution is -2.37. The molecule has 0 spiro atoms. The van der Waals surface area contributed by atoms with Crippen molar-refractivity contribution >= 4 is 28.9 Å². The standard InChI is InChI=1S/C43H48F3N3O4/c1-9-35(53-36-25-22-30(41(5,6)10-2)26-32(36)42(7,8)11-3)39(50)47-33-14-12-13-15-34(33)49-40(51)38(52-31-23-16-27(4)17-24-31)37(48-49)28-18-20-29(21-19-28)43(44,45)46/h12-26,35,38H,9-11H2,1-8H3,(H,47,50). The van der Waals surface area contributed by atoms with Gasteiger partial charge in [-0.3, -0.25) is 9.59 Å². The SMILES string of the molecule is CCC(Oc1ccc(C(C)(C)CC)cc1C(C)(C)CC)C(=O)Nc1ccccc1N1N=C(c2ccc(C(F)(F)F)cc2)C(Oc2ccc(C)cc2)C1=O. The summed E-state index contributed by atoms with van der Waals surface area (Å²) < 4.78 is 52.8. The molecule has 2 unspecified atom stereocenters. The van der Waals surface area contributed by atoms with Gasteiger partial charge in [-0.2, -0.15) is 23.3 Å². The summed E-state index contributed by atoms with van der Waals surface area (Å²) in [6, 6.07) is 24.4. The zero-order chi connectivity index (χ0) is 38.7. The number of rotatable bonds is 13. The van der Waals surface area contributed by atoms with Gasteiger partial charge in [-0.1, -0.05) is 103 Å². The Labute approximate surface area is 310 Å². The van der Waals surface area contributed by atoms with Crippen molar-refractivity contribution in [3.8, 4) is 11.5 Å². The summed E-state index contributed by atoms with van der Waals surface area (Å²) in [5.41, 5.74) is 3.10. The molecule has 53 heavy (non-hydrogen) atoms. The van der Waals surface area contributed by atoms with E-state index in [1.54, 1.807) is 36.4 Å². The summed E-state index contributed by atoms with van der Waals surface area (Å²) in [6.45, 7) is 16.8. The molecule has 280 valence electrons. The van der Waals surface area contributed by atoms with Crippen LogP contribution in [0.15, 0.2) is 96.1 Å². The lowest BCUT2D eigenvalue weighted by atomic mass is 9.76. The molecular formula is C43H48F3N3O4. The Kier molecular flexibility index (Phi) is 11.4. The molecule has 4 aromatic carbocycles. The Bertz CT molecular complexity index is 1970. The van der Waals surface area contributed by atoms with Crippen molar-refractivity contribution in [2.24, 2.45) is 5.10 Å². The van der Waals surface area contributed by atoms with Crippen LogP contribution in [0.4, 0.5) is 24.5 Å². The van der Waals surface area contributed by atoms with Gasteiger partial charge in [0.2, 0.25) is 6.10 Å². The van der Waals surface area contributed by atoms with Gasteiger partial charge >= 0.3 is 6.18 Å². The number of nitrogens with one attached hydrogen (secondary N) is 1. The number of amides is 2. The lowest BCUT2D eigenvalue weighted by molar-refractivity contribution is -0.137. The first-order chi connectivity index (χ1) is 25.0. The van der Waals surface area contributed by atoms with E-state index in [1.165, 1.54) is 17.7 Å². The van der Waals surface area contributed by atoms with Crippen LogP contribution >= 0.6 is 0 Å². The van der Waals surface area contributed by atoms with Gasteiger partial charge in [-0.05, 0) is 85.0 Å². The minimum absolute atomic E-state index is 0.0333. The third kappa shape index (κ3) is 8.58. The molecule has 4 aromatic rings. The number of aryl methyl sites for hydroxylation is 1. The molecule has 1 aliphatic rings. The average Bonchev–Trinajstić information content (AvgIpc) is 3.46. The van der Waals surface area contributed by atoms with E-state index in [2.05, 4.69) is 64.1 Å². The fourth-order valence-corrected chi connectivity index (χ4v) is 5.94. The number of carbonyl (C=O) groups excluding carboxylic acids is 2. The molecule has 0 aromatic heterocycles. The van der Waals surface area contributed by atoms with E-state index in [-0.39, 0.29) is 27.8 Å². The van der Waals surface area contributed by atoms with Gasteiger partial charge in [0.1, 0.15) is 17.2 Å². The second-order valence-corrected chi connectivity index (χ2v) is 14.7. The maximum Gasteiger partial charge on any atom is 0.416 e. The number of benzene rings is 4. The summed E-state index contributed by atoms with van der Waals surface area (Å²) in [5, 5.41) is 8.67. The summed E-state index contributed by atoms with van der Waals surface area (Å²) in [7, 11) is 0. The van der Waals surface area contributed by atoms with Crippen molar-refractivity contribution in [1.29, 1.82) is 0 Å². The molecule has 0 saturated carbocycles. The number of alkyl halides is 3. The highest BCUT2D eigenvalue weighted by molar-refractivity contribution is 6.24. The summed E-state index contributed by atoms with van der Waals surface area (Å²) in [5.74, 6) is 0.0347. The van der Waals surface area contributed by atoms with Crippen LogP contribution in [0.3, 0.4) is 0 Å². The van der Waals surface area contributed by atoms with Crippen LogP contribution in [-0.2, 0) is 26.6 Å². The van der Waals surface area contributed by atoms with Gasteiger partial charge in [0, 0.05) is 11.1 Å². The number of ether oxygens (including phenoxy) is 2. The van der Waals surface area contributed by atoms with Crippen LogP contribution in [0.25, 0.3) is 0 Å². The molecule has 1 N–H and O–H groups in total. The van der Waals surface area contributed by atoms with Crippen molar-refractivity contribution in [2.75, 3.05) is 10.3 Å². The average molecular weight is 728 g/mol. The van der Waals surface area contributed by atoms with Gasteiger partial charge in [-0.15, -0.1) is 0 Å². The van der Waals surface area contributed by atoms with Crippen LogP contribution in [0, 0.1) is 6.92 Å². The van der Waals surface area contributed by atoms with E-state index in [0.717, 1.165) is 41.1 Å². The zero-order valence-electron chi connectivity index (χ0n) is 31.6. The third-order valence-corrected chi connectivity index (χ3v) is 10.3. The van der Waals surface area contributed by atoms with Gasteiger partial charge < -0.3 is 14.8 Å². The molecule has 2 amide bonds. The minimum atomic E-state index is -4.53. The first kappa shape index (κ1) is 39.1. The van der Waals surface area contributed by atoms with Crippen molar-refractivity contribution in [1.82, 2.24) is 0 Å². The normalized spacial score (nSPS) is 15.6. The van der Waals surface area contributed by atoms with E-state index in [9.17, 15) is 22.8 Å². The predicted molar refractivity (Wildman–Crippen MR) is 204 cm³/mol. The maximum atomic E-state index is 14.1. The Morgan fingerprint density at radius 3 is 2.08 bits per heavy atom. The highest BCUT2D eigenvalue weighted by Crippen LogP contribution is 2.40. The van der Waals surface area contributed by atoms with Gasteiger partial charge in [0.15, 0.2) is 6.10 Å². The Balaban J connectivity index is 1.46. The Hall–Kier alpha value is -5.12. The summed E-state index contributed by atoms with van der Waals surface area (Å²) in [4.78, 5) is 28.0. The maximum absolute atomic E-state index is 14.1. The number of nitrogens with zero attached hydrogens (tertiary/aromatic N) is 2. The van der Waals surface area contributed by atoms with Crippen LogP contribution in [0.5, 0.6) is 11.5 Å². The molecule has 10 heteroatoms. The molecule has 1 aliphatic heterocycles. The van der Waals surface area contributed by atoms with E-state index >= 15 is 0 Å². The zero-order valence-corrected chi connectivity index (χ0v) is 31.6. The number of halogens is 3. The topological polar surface area (TPSA) is 80.2 Å².